The van der Waals surface area contributed by atoms with E-state index in [1.165, 1.54) is 0 Å². The number of nitrogens with zero attached hydrogens (tertiary/aromatic N) is 1. The van der Waals surface area contributed by atoms with Crippen LogP contribution >= 0.6 is 11.8 Å². The molecule has 3 N–H and O–H groups in total. The van der Waals surface area contributed by atoms with Crippen LogP contribution in [-0.2, 0) is 4.79 Å². The highest BCUT2D eigenvalue weighted by atomic mass is 32.2. The molecule has 1 aromatic carbocycles. The van der Waals surface area contributed by atoms with Crippen LogP contribution in [0.5, 0.6) is 0 Å². The molecule has 0 aromatic heterocycles. The fraction of sp³-hybridized carbons (Fsp3) is 0.500. The summed E-state index contributed by atoms with van der Waals surface area (Å²) in [4.78, 5) is 29.2. The van der Waals surface area contributed by atoms with E-state index in [9.17, 15) is 14.7 Å². The van der Waals surface area contributed by atoms with E-state index < -0.39 is 12.0 Å². The fourth-order valence-electron chi connectivity index (χ4n) is 3.51. The molecule has 29 heavy (non-hydrogen) atoms. The number of carbonyl (C=O) groups is 2. The highest BCUT2D eigenvalue weighted by Crippen LogP contribution is 2.43. The summed E-state index contributed by atoms with van der Waals surface area (Å²) in [7, 11) is 0. The molecule has 0 saturated heterocycles. The third-order valence-corrected chi connectivity index (χ3v) is 6.00. The average Bonchev–Trinajstić information content (AvgIpc) is 2.59. The Kier molecular flexibility index (Phi) is 5.81. The van der Waals surface area contributed by atoms with E-state index in [0.717, 1.165) is 34.8 Å². The van der Waals surface area contributed by atoms with Crippen LogP contribution in [0, 0.1) is 5.41 Å². The highest BCUT2D eigenvalue weighted by molar-refractivity contribution is 8.04. The Bertz CT molecular complexity index is 880. The van der Waals surface area contributed by atoms with Crippen LogP contribution in [-0.4, -0.2) is 40.0 Å². The standard InChI is InChI=1S/C22H29N3O3S/c1-21(2,3)25-19(26)13-6-8-14(9-7-13)23-15-10-22(4,5)11-16-18(15)29-12-17(24-16)20(27)28/h6-9,17,23H,10-12H2,1-5H3,(H,25,26)(H,27,28)/t17-/m0/s1. The number of allylic oxidation sites excluding steroid dienone is 2. The topological polar surface area (TPSA) is 90.8 Å². The van der Waals surface area contributed by atoms with Crippen LogP contribution in [0.25, 0.3) is 0 Å². The number of fused-ring (bicyclic) bond motifs is 1. The first kappa shape index (κ1) is 21.4. The summed E-state index contributed by atoms with van der Waals surface area (Å²) in [5, 5.41) is 15.8. The lowest BCUT2D eigenvalue weighted by atomic mass is 9.78. The number of rotatable bonds is 4. The summed E-state index contributed by atoms with van der Waals surface area (Å²) in [6.45, 7) is 10.2. The van der Waals surface area contributed by atoms with Crippen LogP contribution in [0.1, 0.15) is 57.8 Å². The molecule has 3 rings (SSSR count). The van der Waals surface area contributed by atoms with Crippen LogP contribution in [0.2, 0.25) is 0 Å². The van der Waals surface area contributed by atoms with Gasteiger partial charge in [0.05, 0.1) is 5.71 Å². The SMILES string of the molecule is CC1(C)CC2=N[C@H](C(=O)O)CSC2=C(Nc2ccc(C(=O)NC(C)(C)C)cc2)C1. The molecule has 0 unspecified atom stereocenters. The van der Waals surface area contributed by atoms with E-state index in [2.05, 4.69) is 29.5 Å². The second kappa shape index (κ2) is 7.86. The Hall–Kier alpha value is -2.28. The van der Waals surface area contributed by atoms with E-state index in [1.807, 2.05) is 45.0 Å². The summed E-state index contributed by atoms with van der Waals surface area (Å²) >= 11 is 1.57. The van der Waals surface area contributed by atoms with Gasteiger partial charge in [0, 0.05) is 33.1 Å². The molecule has 1 aliphatic carbocycles. The van der Waals surface area contributed by atoms with Crippen molar-refractivity contribution in [2.75, 3.05) is 11.1 Å². The lowest BCUT2D eigenvalue weighted by Gasteiger charge is -2.36. The number of thioether (sulfide) groups is 1. The normalized spacial score (nSPS) is 21.1. The molecule has 0 fully saturated rings. The van der Waals surface area contributed by atoms with Gasteiger partial charge in [0.15, 0.2) is 6.04 Å². The van der Waals surface area contributed by atoms with E-state index in [1.54, 1.807) is 11.8 Å². The Labute approximate surface area is 176 Å². The number of carboxylic acids is 1. The predicted molar refractivity (Wildman–Crippen MR) is 119 cm³/mol. The number of benzene rings is 1. The minimum absolute atomic E-state index is 0.00183. The summed E-state index contributed by atoms with van der Waals surface area (Å²) in [5.74, 6) is -0.515. The third-order valence-electron chi connectivity index (χ3n) is 4.75. The molecule has 0 spiro atoms. The largest absolute Gasteiger partial charge is 0.480 e. The van der Waals surface area contributed by atoms with Crippen molar-refractivity contribution in [2.45, 2.75) is 59.0 Å². The Balaban J connectivity index is 1.82. The van der Waals surface area contributed by atoms with Gasteiger partial charge < -0.3 is 15.7 Å². The number of carbonyl (C=O) groups excluding carboxylic acids is 1. The van der Waals surface area contributed by atoms with Crippen LogP contribution in [0.4, 0.5) is 5.69 Å². The first-order valence-electron chi connectivity index (χ1n) is 9.79. The molecular weight excluding hydrogens is 386 g/mol. The first-order valence-corrected chi connectivity index (χ1v) is 10.8. The van der Waals surface area contributed by atoms with Crippen molar-refractivity contribution in [3.63, 3.8) is 0 Å². The zero-order chi connectivity index (χ0) is 21.4. The first-order chi connectivity index (χ1) is 13.4. The maximum atomic E-state index is 12.3. The van der Waals surface area contributed by atoms with Gasteiger partial charge in [-0.05, 0) is 63.3 Å². The molecule has 0 bridgehead atoms. The molecule has 0 saturated carbocycles. The molecule has 1 aromatic rings. The second-order valence-corrected chi connectivity index (χ2v) is 10.5. The monoisotopic (exact) mass is 415 g/mol. The van der Waals surface area contributed by atoms with Crippen LogP contribution in [0.15, 0.2) is 39.9 Å². The lowest BCUT2D eigenvalue weighted by Crippen LogP contribution is -2.40. The Morgan fingerprint density at radius 3 is 2.41 bits per heavy atom. The molecular formula is C22H29N3O3S. The smallest absolute Gasteiger partial charge is 0.329 e. The Morgan fingerprint density at radius 2 is 1.83 bits per heavy atom. The van der Waals surface area contributed by atoms with Crippen molar-refractivity contribution >= 4 is 35.0 Å². The van der Waals surface area contributed by atoms with E-state index >= 15 is 0 Å². The summed E-state index contributed by atoms with van der Waals surface area (Å²) < 4.78 is 0. The zero-order valence-electron chi connectivity index (χ0n) is 17.6. The molecule has 1 amide bonds. The second-order valence-electron chi connectivity index (χ2n) is 9.47. The molecule has 0 radical (unpaired) electrons. The summed E-state index contributed by atoms with van der Waals surface area (Å²) in [5.41, 5.74) is 3.19. The van der Waals surface area contributed by atoms with E-state index in [0.29, 0.717) is 11.3 Å². The minimum Gasteiger partial charge on any atom is -0.480 e. The van der Waals surface area contributed by atoms with Crippen molar-refractivity contribution in [1.82, 2.24) is 5.32 Å². The Morgan fingerprint density at radius 1 is 1.17 bits per heavy atom. The minimum atomic E-state index is -0.869. The molecule has 6 nitrogen and oxygen atoms in total. The van der Waals surface area contributed by atoms with Gasteiger partial charge in [0.1, 0.15) is 0 Å². The summed E-state index contributed by atoms with van der Waals surface area (Å²) in [6.07, 6.45) is 1.63. The number of hydrogen-bond acceptors (Lipinski definition) is 5. The van der Waals surface area contributed by atoms with Crippen LogP contribution in [0.3, 0.4) is 0 Å². The quantitative estimate of drug-likeness (QED) is 0.682. The molecule has 156 valence electrons. The van der Waals surface area contributed by atoms with Gasteiger partial charge in [-0.25, -0.2) is 4.79 Å². The predicted octanol–water partition coefficient (Wildman–Crippen LogP) is 4.30. The van der Waals surface area contributed by atoms with Crippen molar-refractivity contribution in [3.05, 3.63) is 40.4 Å². The van der Waals surface area contributed by atoms with Crippen molar-refractivity contribution in [1.29, 1.82) is 0 Å². The van der Waals surface area contributed by atoms with E-state index in [4.69, 9.17) is 0 Å². The van der Waals surface area contributed by atoms with Gasteiger partial charge in [0.25, 0.3) is 5.91 Å². The fourth-order valence-corrected chi connectivity index (χ4v) is 4.64. The van der Waals surface area contributed by atoms with Gasteiger partial charge in [-0.15, -0.1) is 11.8 Å². The zero-order valence-corrected chi connectivity index (χ0v) is 18.4. The highest BCUT2D eigenvalue weighted by Gasteiger charge is 2.36. The number of hydrogen-bond donors (Lipinski definition) is 3. The van der Waals surface area contributed by atoms with Gasteiger partial charge in [-0.1, -0.05) is 13.8 Å². The molecule has 7 heteroatoms. The van der Waals surface area contributed by atoms with Gasteiger partial charge >= 0.3 is 5.97 Å². The molecule has 1 atom stereocenters. The third kappa shape index (κ3) is 5.41. The van der Waals surface area contributed by atoms with Crippen molar-refractivity contribution in [3.8, 4) is 0 Å². The average molecular weight is 416 g/mol. The number of aliphatic carboxylic acids is 1. The van der Waals surface area contributed by atoms with Crippen molar-refractivity contribution in [2.24, 2.45) is 10.4 Å². The maximum Gasteiger partial charge on any atom is 0.329 e. The van der Waals surface area contributed by atoms with Gasteiger partial charge in [-0.2, -0.15) is 0 Å². The van der Waals surface area contributed by atoms with E-state index in [-0.39, 0.29) is 16.9 Å². The summed E-state index contributed by atoms with van der Waals surface area (Å²) in [6, 6.07) is 6.75. The van der Waals surface area contributed by atoms with Gasteiger partial charge in [0.2, 0.25) is 0 Å². The molecule has 1 aliphatic heterocycles. The lowest BCUT2D eigenvalue weighted by molar-refractivity contribution is -0.137. The number of nitrogens with one attached hydrogen (secondary N) is 2. The molecule has 2 aliphatic rings. The molecule has 1 heterocycles. The number of amides is 1. The number of aliphatic imine (C=N–C) groups is 1. The van der Waals surface area contributed by atoms with Crippen LogP contribution < -0.4 is 10.6 Å². The number of anilines is 1. The van der Waals surface area contributed by atoms with Gasteiger partial charge in [-0.3, -0.25) is 9.79 Å². The maximum absolute atomic E-state index is 12.3. The number of carboxylic acid groups (broad SMARTS) is 1. The van der Waals surface area contributed by atoms with Crippen molar-refractivity contribution < 1.29 is 14.7 Å².